The lowest BCUT2D eigenvalue weighted by atomic mass is 9.99. The van der Waals surface area contributed by atoms with Gasteiger partial charge >= 0.3 is 0 Å². The zero-order chi connectivity index (χ0) is 13.2. The molecule has 0 bridgehead atoms. The molecule has 1 fully saturated rings. The Balaban J connectivity index is 2.07. The van der Waals surface area contributed by atoms with Crippen LogP contribution in [0.2, 0.25) is 19.6 Å². The highest BCUT2D eigenvalue weighted by Gasteiger charge is 2.31. The van der Waals surface area contributed by atoms with Crippen LogP contribution in [0.25, 0.3) is 0 Å². The Hall–Kier alpha value is -1.04. The van der Waals surface area contributed by atoms with Crippen LogP contribution in [0.1, 0.15) is 25.0 Å². The maximum atomic E-state index is 6.10. The molecule has 1 aliphatic heterocycles. The van der Waals surface area contributed by atoms with Gasteiger partial charge in [-0.1, -0.05) is 62.8 Å². The highest BCUT2D eigenvalue weighted by atomic mass is 28.3. The molecule has 0 aliphatic carbocycles. The van der Waals surface area contributed by atoms with E-state index in [0.29, 0.717) is 5.92 Å². The van der Waals surface area contributed by atoms with Crippen molar-refractivity contribution < 1.29 is 4.74 Å². The first-order valence-corrected chi connectivity index (χ1v) is 10.2. The molecule has 3 atom stereocenters. The number of hydrogen-bond acceptors (Lipinski definition) is 1. The molecular formula is C16H22OSi. The van der Waals surface area contributed by atoms with Crippen molar-refractivity contribution in [3.63, 3.8) is 0 Å². The van der Waals surface area contributed by atoms with Crippen molar-refractivity contribution in [2.24, 2.45) is 5.92 Å². The van der Waals surface area contributed by atoms with Crippen molar-refractivity contribution in [3.05, 3.63) is 35.9 Å². The number of rotatable bonds is 1. The van der Waals surface area contributed by atoms with E-state index in [1.165, 1.54) is 5.56 Å². The highest BCUT2D eigenvalue weighted by molar-refractivity contribution is 6.83. The van der Waals surface area contributed by atoms with Crippen molar-refractivity contribution in [1.29, 1.82) is 0 Å². The quantitative estimate of drug-likeness (QED) is 0.546. The highest BCUT2D eigenvalue weighted by Crippen LogP contribution is 2.36. The summed E-state index contributed by atoms with van der Waals surface area (Å²) in [6.07, 6.45) is 1.42. The lowest BCUT2D eigenvalue weighted by molar-refractivity contribution is 0.0695. The fourth-order valence-electron chi connectivity index (χ4n) is 2.17. The largest absolute Gasteiger partial charge is 0.357 e. The lowest BCUT2D eigenvalue weighted by Crippen LogP contribution is -2.19. The molecule has 1 nitrogen and oxygen atoms in total. The topological polar surface area (TPSA) is 9.23 Å². The third-order valence-corrected chi connectivity index (χ3v) is 4.07. The van der Waals surface area contributed by atoms with E-state index in [0.717, 1.165) is 6.42 Å². The van der Waals surface area contributed by atoms with Gasteiger partial charge in [-0.05, 0) is 17.9 Å². The minimum atomic E-state index is -1.30. The van der Waals surface area contributed by atoms with E-state index in [1.54, 1.807) is 0 Å². The van der Waals surface area contributed by atoms with Gasteiger partial charge in [0.2, 0.25) is 0 Å². The molecule has 0 N–H and O–H groups in total. The Morgan fingerprint density at radius 2 is 1.83 bits per heavy atom. The molecule has 1 aromatic rings. The normalized spacial score (nSPS) is 27.7. The van der Waals surface area contributed by atoms with Crippen LogP contribution in [0.5, 0.6) is 0 Å². The maximum absolute atomic E-state index is 6.10. The van der Waals surface area contributed by atoms with Crippen LogP contribution in [-0.2, 0) is 4.74 Å². The van der Waals surface area contributed by atoms with E-state index in [1.807, 2.05) is 6.07 Å². The maximum Gasteiger partial charge on any atom is 0.129 e. The van der Waals surface area contributed by atoms with Gasteiger partial charge in [0.25, 0.3) is 0 Å². The van der Waals surface area contributed by atoms with Crippen molar-refractivity contribution >= 4 is 8.07 Å². The summed E-state index contributed by atoms with van der Waals surface area (Å²) in [6.45, 7) is 9.06. The second kappa shape index (κ2) is 5.30. The average molecular weight is 258 g/mol. The summed E-state index contributed by atoms with van der Waals surface area (Å²) in [7, 11) is -1.30. The summed E-state index contributed by atoms with van der Waals surface area (Å²) in [5.41, 5.74) is 4.71. The van der Waals surface area contributed by atoms with Crippen LogP contribution < -0.4 is 0 Å². The van der Waals surface area contributed by atoms with Gasteiger partial charge in [0.1, 0.15) is 14.2 Å². The van der Waals surface area contributed by atoms with Gasteiger partial charge in [-0.15, -0.1) is 5.54 Å². The predicted octanol–water partition coefficient (Wildman–Crippen LogP) is 4.03. The van der Waals surface area contributed by atoms with Gasteiger partial charge in [0.15, 0.2) is 0 Å². The van der Waals surface area contributed by atoms with Crippen LogP contribution in [0, 0.1) is 17.4 Å². The van der Waals surface area contributed by atoms with E-state index < -0.39 is 8.07 Å². The van der Waals surface area contributed by atoms with Crippen molar-refractivity contribution in [1.82, 2.24) is 0 Å². The van der Waals surface area contributed by atoms with Gasteiger partial charge < -0.3 is 4.74 Å². The van der Waals surface area contributed by atoms with Crippen molar-refractivity contribution in [2.45, 2.75) is 45.2 Å². The van der Waals surface area contributed by atoms with E-state index >= 15 is 0 Å². The fraction of sp³-hybridized carbons (Fsp3) is 0.500. The second-order valence-electron chi connectivity index (χ2n) is 6.19. The minimum Gasteiger partial charge on any atom is -0.357 e. The first-order valence-electron chi connectivity index (χ1n) is 6.69. The Morgan fingerprint density at radius 3 is 2.44 bits per heavy atom. The molecule has 0 radical (unpaired) electrons. The molecule has 0 unspecified atom stereocenters. The Labute approximate surface area is 112 Å². The second-order valence-corrected chi connectivity index (χ2v) is 10.9. The smallest absolute Gasteiger partial charge is 0.129 e. The summed E-state index contributed by atoms with van der Waals surface area (Å²) < 4.78 is 6.10. The van der Waals surface area contributed by atoms with Crippen LogP contribution in [0.3, 0.4) is 0 Å². The van der Waals surface area contributed by atoms with Crippen LogP contribution in [0.4, 0.5) is 0 Å². The molecule has 1 aromatic carbocycles. The molecule has 1 saturated heterocycles. The van der Waals surface area contributed by atoms with Crippen LogP contribution >= 0.6 is 0 Å². The molecule has 0 aromatic heterocycles. The van der Waals surface area contributed by atoms with Gasteiger partial charge in [-0.2, -0.15) is 0 Å². The van der Waals surface area contributed by atoms with E-state index in [-0.39, 0.29) is 12.2 Å². The van der Waals surface area contributed by atoms with E-state index in [4.69, 9.17) is 4.74 Å². The Bertz CT molecular complexity index is 449. The standard InChI is InChI=1S/C16H22OSi/c1-13-12-16(14-8-6-5-7-9-14)17-15(13)10-11-18(2,3)4/h5-9,13,15-16H,12H2,1-4H3/t13-,15-,16-/m0/s1. The number of benzene rings is 1. The van der Waals surface area contributed by atoms with E-state index in [2.05, 4.69) is 62.3 Å². The summed E-state index contributed by atoms with van der Waals surface area (Å²) in [5, 5.41) is 0. The average Bonchev–Trinajstić information content (AvgIpc) is 2.68. The zero-order valence-corrected chi connectivity index (χ0v) is 12.7. The minimum absolute atomic E-state index is 0.113. The number of hydrogen-bond donors (Lipinski definition) is 0. The molecule has 0 spiro atoms. The summed E-state index contributed by atoms with van der Waals surface area (Å²) in [5.74, 6) is 3.89. The van der Waals surface area contributed by atoms with E-state index in [9.17, 15) is 0 Å². The lowest BCUT2D eigenvalue weighted by Gasteiger charge is -2.11. The summed E-state index contributed by atoms with van der Waals surface area (Å²) >= 11 is 0. The molecular weight excluding hydrogens is 236 g/mol. The fourth-order valence-corrected chi connectivity index (χ4v) is 2.75. The Morgan fingerprint density at radius 1 is 1.17 bits per heavy atom. The zero-order valence-electron chi connectivity index (χ0n) is 11.7. The van der Waals surface area contributed by atoms with Gasteiger partial charge in [-0.3, -0.25) is 0 Å². The first kappa shape index (κ1) is 13.4. The van der Waals surface area contributed by atoms with Gasteiger partial charge in [0, 0.05) is 0 Å². The SMILES string of the molecule is C[C@H]1C[C@@H](c2ccccc2)O[C@H]1C#C[Si](C)(C)C. The summed E-state index contributed by atoms with van der Waals surface area (Å²) in [4.78, 5) is 0. The van der Waals surface area contributed by atoms with Gasteiger partial charge in [-0.25, -0.2) is 0 Å². The molecule has 1 aliphatic rings. The van der Waals surface area contributed by atoms with Gasteiger partial charge in [0.05, 0.1) is 6.10 Å². The van der Waals surface area contributed by atoms with Crippen molar-refractivity contribution in [2.75, 3.05) is 0 Å². The van der Waals surface area contributed by atoms with Crippen LogP contribution in [0.15, 0.2) is 30.3 Å². The van der Waals surface area contributed by atoms with Crippen LogP contribution in [-0.4, -0.2) is 14.2 Å². The molecule has 0 saturated carbocycles. The monoisotopic (exact) mass is 258 g/mol. The first-order chi connectivity index (χ1) is 8.46. The molecule has 96 valence electrons. The molecule has 2 rings (SSSR count). The Kier molecular flexibility index (Phi) is 3.94. The molecule has 0 amide bonds. The third-order valence-electron chi connectivity index (χ3n) is 3.17. The molecule has 18 heavy (non-hydrogen) atoms. The molecule has 2 heteroatoms. The third kappa shape index (κ3) is 3.47. The molecule has 1 heterocycles. The summed E-state index contributed by atoms with van der Waals surface area (Å²) in [6, 6.07) is 10.5. The predicted molar refractivity (Wildman–Crippen MR) is 79.0 cm³/mol. The van der Waals surface area contributed by atoms with Crippen molar-refractivity contribution in [3.8, 4) is 11.5 Å². The number of ether oxygens (including phenoxy) is 1.